The zero-order valence-electron chi connectivity index (χ0n) is 8.46. The van der Waals surface area contributed by atoms with E-state index in [9.17, 15) is 4.79 Å². The molecule has 1 unspecified atom stereocenters. The monoisotopic (exact) mass is 210 g/mol. The van der Waals surface area contributed by atoms with E-state index in [2.05, 4.69) is 22.6 Å². The van der Waals surface area contributed by atoms with Crippen molar-refractivity contribution in [1.82, 2.24) is 10.3 Å². The number of carbonyl (C=O) groups is 1. The molecule has 1 amide bonds. The molecule has 1 aliphatic rings. The van der Waals surface area contributed by atoms with Gasteiger partial charge < -0.3 is 5.32 Å². The van der Waals surface area contributed by atoms with Crippen LogP contribution in [0.4, 0.5) is 0 Å². The summed E-state index contributed by atoms with van der Waals surface area (Å²) >= 11 is 1.67. The Hall–Kier alpha value is -0.900. The summed E-state index contributed by atoms with van der Waals surface area (Å²) in [5, 5.41) is 6.18. The highest BCUT2D eigenvalue weighted by Crippen LogP contribution is 2.25. The lowest BCUT2D eigenvalue weighted by Crippen LogP contribution is -2.40. The van der Waals surface area contributed by atoms with Gasteiger partial charge in [-0.25, -0.2) is 4.98 Å². The smallest absolute Gasteiger partial charge is 0.220 e. The van der Waals surface area contributed by atoms with Gasteiger partial charge >= 0.3 is 0 Å². The molecule has 0 radical (unpaired) electrons. The second-order valence-electron chi connectivity index (χ2n) is 4.17. The zero-order chi connectivity index (χ0) is 10.2. The number of aromatic nitrogens is 1. The molecule has 1 fully saturated rings. The summed E-state index contributed by atoms with van der Waals surface area (Å²) in [6.07, 6.45) is 2.43. The number of amides is 1. The predicted molar refractivity (Wildman–Crippen MR) is 56.3 cm³/mol. The van der Waals surface area contributed by atoms with Crippen LogP contribution in [0.3, 0.4) is 0 Å². The Morgan fingerprint density at radius 3 is 3.00 bits per heavy atom. The van der Waals surface area contributed by atoms with Crippen LogP contribution >= 0.6 is 11.3 Å². The van der Waals surface area contributed by atoms with Gasteiger partial charge in [0.2, 0.25) is 5.91 Å². The first kappa shape index (κ1) is 9.65. The van der Waals surface area contributed by atoms with Crippen molar-refractivity contribution >= 4 is 17.2 Å². The zero-order valence-corrected chi connectivity index (χ0v) is 9.28. The Balaban J connectivity index is 2.07. The van der Waals surface area contributed by atoms with Gasteiger partial charge in [0.1, 0.15) is 0 Å². The predicted octanol–water partition coefficient (Wildman–Crippen LogP) is 1.66. The minimum Gasteiger partial charge on any atom is -0.351 e. The van der Waals surface area contributed by atoms with E-state index in [-0.39, 0.29) is 11.4 Å². The first-order valence-corrected chi connectivity index (χ1v) is 5.67. The Kier molecular flexibility index (Phi) is 2.31. The second-order valence-corrected chi connectivity index (χ2v) is 5.11. The first-order chi connectivity index (χ1) is 6.57. The molecule has 2 rings (SSSR count). The molecule has 0 spiro atoms. The largest absolute Gasteiger partial charge is 0.351 e. The van der Waals surface area contributed by atoms with Gasteiger partial charge in [-0.2, -0.15) is 0 Å². The Bertz CT molecular complexity index is 361. The van der Waals surface area contributed by atoms with Gasteiger partial charge in [-0.3, -0.25) is 4.79 Å². The van der Waals surface area contributed by atoms with Crippen molar-refractivity contribution < 1.29 is 4.79 Å². The number of nitrogens with zero attached hydrogens (tertiary/aromatic N) is 1. The lowest BCUT2D eigenvalue weighted by atomic mass is 9.96. The summed E-state index contributed by atoms with van der Waals surface area (Å²) < 4.78 is 0. The van der Waals surface area contributed by atoms with Crippen LogP contribution in [-0.4, -0.2) is 16.4 Å². The van der Waals surface area contributed by atoms with Gasteiger partial charge in [0.05, 0.1) is 5.01 Å². The molecule has 1 saturated heterocycles. The third-order valence-corrected chi connectivity index (χ3v) is 3.52. The number of hydrogen-bond acceptors (Lipinski definition) is 3. The number of rotatable bonds is 2. The summed E-state index contributed by atoms with van der Waals surface area (Å²) in [5.74, 6) is 0.167. The molecule has 4 heteroatoms. The molecule has 3 nitrogen and oxygen atoms in total. The number of hydrogen-bond donors (Lipinski definition) is 1. The lowest BCUT2D eigenvalue weighted by Gasteiger charge is -2.22. The fraction of sp³-hybridized carbons (Fsp3) is 0.600. The van der Waals surface area contributed by atoms with E-state index < -0.39 is 0 Å². The van der Waals surface area contributed by atoms with Crippen molar-refractivity contribution in [3.05, 3.63) is 16.1 Å². The summed E-state index contributed by atoms with van der Waals surface area (Å²) in [6.45, 7) is 4.09. The molecule has 1 aliphatic heterocycles. The van der Waals surface area contributed by atoms with Gasteiger partial charge in [0.15, 0.2) is 0 Å². The second kappa shape index (κ2) is 3.35. The van der Waals surface area contributed by atoms with Crippen molar-refractivity contribution in [3.8, 4) is 0 Å². The first-order valence-electron chi connectivity index (χ1n) is 4.79. The third-order valence-electron chi connectivity index (χ3n) is 2.55. The van der Waals surface area contributed by atoms with E-state index in [0.29, 0.717) is 6.42 Å². The summed E-state index contributed by atoms with van der Waals surface area (Å²) in [6, 6.07) is 0. The quantitative estimate of drug-likeness (QED) is 0.806. The summed E-state index contributed by atoms with van der Waals surface area (Å²) in [4.78, 5) is 15.5. The van der Waals surface area contributed by atoms with E-state index in [0.717, 1.165) is 23.5 Å². The molecule has 1 N–H and O–H groups in total. The van der Waals surface area contributed by atoms with Crippen molar-refractivity contribution in [1.29, 1.82) is 0 Å². The highest BCUT2D eigenvalue weighted by molar-refractivity contribution is 7.09. The Labute approximate surface area is 87.6 Å². The molecule has 2 heterocycles. The SMILES string of the molecule is Cc1csc(CC2(C)CCC(=O)N2)n1. The molecule has 0 aliphatic carbocycles. The summed E-state index contributed by atoms with van der Waals surface area (Å²) in [5.41, 5.74) is 0.999. The molecule has 0 saturated carbocycles. The van der Waals surface area contributed by atoms with Crippen LogP contribution in [0, 0.1) is 6.92 Å². The molecule has 0 bridgehead atoms. The lowest BCUT2D eigenvalue weighted by molar-refractivity contribution is -0.119. The maximum absolute atomic E-state index is 11.1. The van der Waals surface area contributed by atoms with E-state index >= 15 is 0 Å². The van der Waals surface area contributed by atoms with Gasteiger partial charge in [-0.1, -0.05) is 0 Å². The van der Waals surface area contributed by atoms with Crippen LogP contribution in [0.15, 0.2) is 5.38 Å². The van der Waals surface area contributed by atoms with Crippen LogP contribution in [-0.2, 0) is 11.2 Å². The average molecular weight is 210 g/mol. The number of thiazole rings is 1. The van der Waals surface area contributed by atoms with Crippen LogP contribution < -0.4 is 5.32 Å². The molecular formula is C10H14N2OS. The molecule has 1 aromatic heterocycles. The fourth-order valence-electron chi connectivity index (χ4n) is 1.80. The average Bonchev–Trinajstić information content (AvgIpc) is 2.60. The highest BCUT2D eigenvalue weighted by atomic mass is 32.1. The van der Waals surface area contributed by atoms with Crippen molar-refractivity contribution in [2.45, 2.75) is 38.6 Å². The normalized spacial score (nSPS) is 26.6. The summed E-state index contributed by atoms with van der Waals surface area (Å²) in [7, 11) is 0. The minimum atomic E-state index is -0.0681. The van der Waals surface area contributed by atoms with E-state index in [1.165, 1.54) is 0 Å². The van der Waals surface area contributed by atoms with Crippen LogP contribution in [0.1, 0.15) is 30.5 Å². The Morgan fingerprint density at radius 1 is 1.71 bits per heavy atom. The van der Waals surface area contributed by atoms with E-state index in [1.807, 2.05) is 6.92 Å². The molecule has 1 atom stereocenters. The fourth-order valence-corrected chi connectivity index (χ4v) is 2.76. The maximum atomic E-state index is 11.1. The van der Waals surface area contributed by atoms with Crippen LogP contribution in [0.25, 0.3) is 0 Å². The van der Waals surface area contributed by atoms with E-state index in [4.69, 9.17) is 0 Å². The van der Waals surface area contributed by atoms with Gasteiger partial charge in [0, 0.05) is 29.5 Å². The van der Waals surface area contributed by atoms with Crippen LogP contribution in [0.2, 0.25) is 0 Å². The van der Waals surface area contributed by atoms with Gasteiger partial charge in [-0.15, -0.1) is 11.3 Å². The third kappa shape index (κ3) is 1.95. The van der Waals surface area contributed by atoms with Gasteiger partial charge in [0.25, 0.3) is 0 Å². The van der Waals surface area contributed by atoms with Crippen molar-refractivity contribution in [2.24, 2.45) is 0 Å². The Morgan fingerprint density at radius 2 is 2.50 bits per heavy atom. The standard InChI is InChI=1S/C10H14N2OS/c1-7-6-14-9(11-7)5-10(2)4-3-8(13)12-10/h6H,3-5H2,1-2H3,(H,12,13). The molecular weight excluding hydrogens is 196 g/mol. The number of nitrogens with one attached hydrogen (secondary N) is 1. The molecule has 14 heavy (non-hydrogen) atoms. The molecule has 76 valence electrons. The highest BCUT2D eigenvalue weighted by Gasteiger charge is 2.33. The maximum Gasteiger partial charge on any atom is 0.220 e. The van der Waals surface area contributed by atoms with Crippen LogP contribution in [0.5, 0.6) is 0 Å². The molecule has 0 aromatic carbocycles. The van der Waals surface area contributed by atoms with E-state index in [1.54, 1.807) is 11.3 Å². The number of carbonyl (C=O) groups excluding carboxylic acids is 1. The van der Waals surface area contributed by atoms with Crippen molar-refractivity contribution in [2.75, 3.05) is 0 Å². The number of aryl methyl sites for hydroxylation is 1. The topological polar surface area (TPSA) is 42.0 Å². The minimum absolute atomic E-state index is 0.0681. The molecule has 1 aromatic rings. The van der Waals surface area contributed by atoms with Gasteiger partial charge in [-0.05, 0) is 20.3 Å². The van der Waals surface area contributed by atoms with Crippen molar-refractivity contribution in [3.63, 3.8) is 0 Å².